The summed E-state index contributed by atoms with van der Waals surface area (Å²) in [6.07, 6.45) is 8.04. The maximum absolute atomic E-state index is 14.5. The van der Waals surface area contributed by atoms with Crippen LogP contribution in [0.1, 0.15) is 35.3 Å². The average molecular weight is 473 g/mol. The van der Waals surface area contributed by atoms with Gasteiger partial charge in [0, 0.05) is 61.9 Å². The number of aryl methyl sites for hydroxylation is 2. The lowest BCUT2D eigenvalue weighted by molar-refractivity contribution is 0.102. The lowest BCUT2D eigenvalue weighted by atomic mass is 10.1. The van der Waals surface area contributed by atoms with E-state index in [1.807, 2.05) is 19.3 Å². The first-order valence-corrected chi connectivity index (χ1v) is 11.7. The molecule has 35 heavy (non-hydrogen) atoms. The SMILES string of the molecule is Cc1cn2cc(NC(=O)c3ccc(N4CC[C@@H](NC5(C#N)CC5)C4)c4cn(C)nc34)cc(F)c2n1. The normalized spacial score (nSPS) is 18.8. The summed E-state index contributed by atoms with van der Waals surface area (Å²) in [5.41, 5.74) is 2.93. The van der Waals surface area contributed by atoms with E-state index in [4.69, 9.17) is 0 Å². The van der Waals surface area contributed by atoms with Crippen LogP contribution in [0.4, 0.5) is 15.8 Å². The standard InChI is InChI=1S/C25H25FN8O/c1-15-10-34-12-17(9-20(26)23(34)28-15)29-24(35)18-3-4-21(19-13-32(2)31-22(18)19)33-8-5-16(11-33)30-25(14-27)6-7-25/h3-4,9-10,12-13,16,30H,5-8,11H2,1-2H3,(H,29,35)/t16-/m1/s1. The third-order valence-corrected chi connectivity index (χ3v) is 6.87. The summed E-state index contributed by atoms with van der Waals surface area (Å²) in [5, 5.41) is 21.2. The number of benzene rings is 1. The van der Waals surface area contributed by atoms with Gasteiger partial charge in [0.05, 0.1) is 23.0 Å². The number of hydrogen-bond acceptors (Lipinski definition) is 6. The topological polar surface area (TPSA) is 103 Å². The maximum atomic E-state index is 14.5. The summed E-state index contributed by atoms with van der Waals surface area (Å²) in [4.78, 5) is 19.6. The van der Waals surface area contributed by atoms with Crippen LogP contribution >= 0.6 is 0 Å². The highest BCUT2D eigenvalue weighted by molar-refractivity contribution is 6.13. The van der Waals surface area contributed by atoms with E-state index in [-0.39, 0.29) is 23.1 Å². The van der Waals surface area contributed by atoms with Crippen LogP contribution in [0.2, 0.25) is 0 Å². The highest BCUT2D eigenvalue weighted by atomic mass is 19.1. The zero-order valence-electron chi connectivity index (χ0n) is 19.5. The third-order valence-electron chi connectivity index (χ3n) is 6.87. The fourth-order valence-electron chi connectivity index (χ4n) is 5.01. The summed E-state index contributed by atoms with van der Waals surface area (Å²) in [6, 6.07) is 7.65. The van der Waals surface area contributed by atoms with E-state index in [0.717, 1.165) is 43.4 Å². The quantitative estimate of drug-likeness (QED) is 0.463. The Labute approximate surface area is 201 Å². The Morgan fingerprint density at radius 2 is 2.11 bits per heavy atom. The molecule has 1 atom stereocenters. The van der Waals surface area contributed by atoms with Crippen LogP contribution in [0.15, 0.2) is 36.8 Å². The second-order valence-corrected chi connectivity index (χ2v) is 9.61. The fourth-order valence-corrected chi connectivity index (χ4v) is 5.01. The predicted molar refractivity (Wildman–Crippen MR) is 130 cm³/mol. The Kier molecular flexibility index (Phi) is 4.79. The number of imidazole rings is 1. The molecule has 1 aliphatic heterocycles. The lowest BCUT2D eigenvalue weighted by Crippen LogP contribution is -2.41. The van der Waals surface area contributed by atoms with Crippen LogP contribution in [0.3, 0.4) is 0 Å². The molecule has 0 unspecified atom stereocenters. The molecule has 4 heterocycles. The monoisotopic (exact) mass is 472 g/mol. The van der Waals surface area contributed by atoms with Crippen molar-refractivity contribution in [2.45, 2.75) is 37.8 Å². The number of nitrogens with zero attached hydrogens (tertiary/aromatic N) is 6. The minimum atomic E-state index is -0.504. The molecular weight excluding hydrogens is 447 g/mol. The van der Waals surface area contributed by atoms with Gasteiger partial charge >= 0.3 is 0 Å². The van der Waals surface area contributed by atoms with Gasteiger partial charge in [-0.1, -0.05) is 0 Å². The zero-order valence-corrected chi connectivity index (χ0v) is 19.5. The smallest absolute Gasteiger partial charge is 0.257 e. The van der Waals surface area contributed by atoms with Gasteiger partial charge in [0.1, 0.15) is 11.1 Å². The van der Waals surface area contributed by atoms with E-state index in [2.05, 4.69) is 31.7 Å². The van der Waals surface area contributed by atoms with Gasteiger partial charge in [0.15, 0.2) is 11.5 Å². The molecule has 0 radical (unpaired) electrons. The van der Waals surface area contributed by atoms with E-state index in [0.29, 0.717) is 22.5 Å². The van der Waals surface area contributed by atoms with Gasteiger partial charge in [-0.2, -0.15) is 10.4 Å². The molecule has 4 aromatic rings. The molecule has 0 spiro atoms. The van der Waals surface area contributed by atoms with Gasteiger partial charge in [-0.15, -0.1) is 0 Å². The first kappa shape index (κ1) is 21.6. The van der Waals surface area contributed by atoms with Gasteiger partial charge in [0.25, 0.3) is 5.91 Å². The largest absolute Gasteiger partial charge is 0.369 e. The summed E-state index contributed by atoms with van der Waals surface area (Å²) < 4.78 is 17.7. The maximum Gasteiger partial charge on any atom is 0.257 e. The van der Waals surface area contributed by atoms with Crippen LogP contribution in [0, 0.1) is 24.1 Å². The van der Waals surface area contributed by atoms with Crippen LogP contribution in [-0.4, -0.2) is 49.7 Å². The molecule has 1 aliphatic carbocycles. The number of aromatic nitrogens is 4. The summed E-state index contributed by atoms with van der Waals surface area (Å²) >= 11 is 0. The van der Waals surface area contributed by atoms with E-state index >= 15 is 0 Å². The Balaban J connectivity index is 1.27. The van der Waals surface area contributed by atoms with Gasteiger partial charge in [-0.3, -0.25) is 14.8 Å². The Morgan fingerprint density at radius 1 is 1.29 bits per heavy atom. The number of fused-ring (bicyclic) bond motifs is 2. The number of amides is 1. The van der Waals surface area contributed by atoms with Crippen molar-refractivity contribution in [1.82, 2.24) is 24.5 Å². The van der Waals surface area contributed by atoms with E-state index in [9.17, 15) is 14.4 Å². The number of hydrogen-bond donors (Lipinski definition) is 2. The molecule has 2 aliphatic rings. The van der Waals surface area contributed by atoms with Crippen molar-refractivity contribution in [2.75, 3.05) is 23.3 Å². The highest BCUT2D eigenvalue weighted by Gasteiger charge is 2.45. The number of nitriles is 1. The number of nitrogens with one attached hydrogen (secondary N) is 2. The second kappa shape index (κ2) is 7.78. The molecule has 2 N–H and O–H groups in total. The number of carbonyl (C=O) groups is 1. The van der Waals surface area contributed by atoms with Crippen molar-refractivity contribution < 1.29 is 9.18 Å². The van der Waals surface area contributed by atoms with Crippen LogP contribution < -0.4 is 15.5 Å². The molecule has 2 fully saturated rings. The number of anilines is 2. The number of halogens is 1. The predicted octanol–water partition coefficient (Wildman–Crippen LogP) is 3.15. The van der Waals surface area contributed by atoms with E-state index < -0.39 is 5.82 Å². The first-order chi connectivity index (χ1) is 16.8. The molecule has 1 saturated carbocycles. The number of rotatable bonds is 5. The first-order valence-electron chi connectivity index (χ1n) is 11.7. The van der Waals surface area contributed by atoms with Gasteiger partial charge in [-0.05, 0) is 38.3 Å². The van der Waals surface area contributed by atoms with E-state index in [1.165, 1.54) is 6.07 Å². The van der Waals surface area contributed by atoms with Crippen molar-refractivity contribution in [3.8, 4) is 6.07 Å². The van der Waals surface area contributed by atoms with Gasteiger partial charge in [0.2, 0.25) is 0 Å². The lowest BCUT2D eigenvalue weighted by Gasteiger charge is -2.21. The number of pyridine rings is 1. The van der Waals surface area contributed by atoms with Gasteiger partial charge in [-0.25, -0.2) is 9.37 Å². The molecule has 3 aromatic heterocycles. The second-order valence-electron chi connectivity index (χ2n) is 9.61. The molecule has 6 rings (SSSR count). The molecule has 1 aromatic carbocycles. The minimum Gasteiger partial charge on any atom is -0.369 e. The van der Waals surface area contributed by atoms with Crippen molar-refractivity contribution in [3.05, 3.63) is 53.9 Å². The van der Waals surface area contributed by atoms with Crippen molar-refractivity contribution in [2.24, 2.45) is 7.05 Å². The molecule has 1 saturated heterocycles. The fraction of sp³-hybridized carbons (Fsp3) is 0.360. The molecule has 0 bridgehead atoms. The third kappa shape index (κ3) is 3.78. The van der Waals surface area contributed by atoms with Crippen molar-refractivity contribution in [3.63, 3.8) is 0 Å². The Bertz CT molecular complexity index is 1530. The molecule has 178 valence electrons. The Morgan fingerprint density at radius 3 is 2.89 bits per heavy atom. The Hall–Kier alpha value is -3.97. The molecule has 9 nitrogen and oxygen atoms in total. The average Bonchev–Trinajstić information content (AvgIpc) is 3.10. The summed E-state index contributed by atoms with van der Waals surface area (Å²) in [7, 11) is 1.83. The van der Waals surface area contributed by atoms with Crippen LogP contribution in [0.5, 0.6) is 0 Å². The highest BCUT2D eigenvalue weighted by Crippen LogP contribution is 2.37. The van der Waals surface area contributed by atoms with Gasteiger partial charge < -0.3 is 14.6 Å². The minimum absolute atomic E-state index is 0.220. The summed E-state index contributed by atoms with van der Waals surface area (Å²) in [6.45, 7) is 3.44. The van der Waals surface area contributed by atoms with E-state index in [1.54, 1.807) is 34.5 Å². The molecular formula is C25H25FN8O. The number of carbonyl (C=O) groups excluding carboxylic acids is 1. The summed E-state index contributed by atoms with van der Waals surface area (Å²) in [5.74, 6) is -0.864. The zero-order chi connectivity index (χ0) is 24.3. The van der Waals surface area contributed by atoms with Crippen molar-refractivity contribution >= 4 is 33.8 Å². The van der Waals surface area contributed by atoms with Crippen LogP contribution in [-0.2, 0) is 7.05 Å². The molecule has 1 amide bonds. The van der Waals surface area contributed by atoms with Crippen LogP contribution in [0.25, 0.3) is 16.6 Å². The molecule has 10 heteroatoms. The van der Waals surface area contributed by atoms with Crippen molar-refractivity contribution in [1.29, 1.82) is 5.26 Å².